The van der Waals surface area contributed by atoms with Gasteiger partial charge in [0.05, 0.1) is 10.9 Å². The summed E-state index contributed by atoms with van der Waals surface area (Å²) in [5, 5.41) is 13.1. The Kier molecular flexibility index (Phi) is 7.06. The van der Waals surface area contributed by atoms with Crippen molar-refractivity contribution < 1.29 is 9.59 Å². The largest absolute Gasteiger partial charge is 0.321 e. The van der Waals surface area contributed by atoms with Crippen LogP contribution >= 0.6 is 23.4 Å². The van der Waals surface area contributed by atoms with Gasteiger partial charge in [-0.1, -0.05) is 77.5 Å². The molecular formula is C27H22ClN3O2S. The summed E-state index contributed by atoms with van der Waals surface area (Å²) in [6.07, 6.45) is 0.382. The highest BCUT2D eigenvalue weighted by molar-refractivity contribution is 8.05. The lowest BCUT2D eigenvalue weighted by Crippen LogP contribution is -2.31. The number of hydrogen-bond donors (Lipinski definition) is 1. The van der Waals surface area contributed by atoms with E-state index in [0.29, 0.717) is 27.8 Å². The van der Waals surface area contributed by atoms with Gasteiger partial charge in [0.15, 0.2) is 0 Å². The number of hydrogen-bond acceptors (Lipinski definition) is 4. The van der Waals surface area contributed by atoms with Crippen LogP contribution in [0.15, 0.2) is 83.4 Å². The second kappa shape index (κ2) is 10.2. The summed E-state index contributed by atoms with van der Waals surface area (Å²) in [5.41, 5.74) is 3.87. The molecule has 0 aromatic heterocycles. The second-order valence-corrected chi connectivity index (χ2v) is 9.57. The number of carbonyl (C=O) groups excluding carboxylic acids is 2. The fourth-order valence-electron chi connectivity index (χ4n) is 3.71. The van der Waals surface area contributed by atoms with Crippen LogP contribution in [-0.2, 0) is 16.0 Å². The highest BCUT2D eigenvalue weighted by Crippen LogP contribution is 2.43. The molecule has 170 valence electrons. The molecule has 3 aromatic carbocycles. The maximum absolute atomic E-state index is 13.6. The van der Waals surface area contributed by atoms with E-state index in [9.17, 15) is 14.9 Å². The molecule has 5 nitrogen and oxygen atoms in total. The number of halogens is 1. The Morgan fingerprint density at radius 1 is 1.06 bits per heavy atom. The maximum atomic E-state index is 13.6. The summed E-state index contributed by atoms with van der Waals surface area (Å²) in [6.45, 7) is 3.85. The van der Waals surface area contributed by atoms with Gasteiger partial charge in [-0.3, -0.25) is 14.5 Å². The molecule has 0 unspecified atom stereocenters. The van der Waals surface area contributed by atoms with Gasteiger partial charge in [-0.05, 0) is 55.7 Å². The first-order valence-corrected chi connectivity index (χ1v) is 12.0. The molecule has 2 amide bonds. The van der Waals surface area contributed by atoms with Gasteiger partial charge >= 0.3 is 0 Å². The molecule has 0 saturated carbocycles. The number of anilines is 2. The van der Waals surface area contributed by atoms with Crippen molar-refractivity contribution in [2.24, 2.45) is 0 Å². The van der Waals surface area contributed by atoms with Crippen molar-refractivity contribution in [3.05, 3.63) is 105 Å². The van der Waals surface area contributed by atoms with Crippen molar-refractivity contribution in [3.63, 3.8) is 0 Å². The predicted octanol–water partition coefficient (Wildman–Crippen LogP) is 6.02. The molecule has 1 aliphatic rings. The first kappa shape index (κ1) is 23.6. The Bertz CT molecular complexity index is 1330. The van der Waals surface area contributed by atoms with Crippen LogP contribution in [0, 0.1) is 25.2 Å². The first-order chi connectivity index (χ1) is 16.4. The number of nitrogens with one attached hydrogen (secondary N) is 1. The number of rotatable bonds is 5. The number of nitrogens with zero attached hydrogens (tertiary/aromatic N) is 2. The standard InChI is InChI=1S/C27H22ClN3O2S/c1-17-11-13-20(14-12-17)30-25(32)21(16-29)27-31(23-10-6-3-7-18(23)2)26(33)24(34-27)15-19-8-4-5-9-22(19)28/h3-14,24H,15H2,1-2H3,(H,30,32)/b27-21-/t24-/m1/s1. The fourth-order valence-corrected chi connectivity index (χ4v) is 5.22. The van der Waals surface area contributed by atoms with Crippen LogP contribution in [-0.4, -0.2) is 17.1 Å². The van der Waals surface area contributed by atoms with E-state index in [1.54, 1.807) is 18.2 Å². The zero-order chi connectivity index (χ0) is 24.2. The molecule has 1 atom stereocenters. The topological polar surface area (TPSA) is 73.2 Å². The molecule has 3 aromatic rings. The van der Waals surface area contributed by atoms with E-state index >= 15 is 0 Å². The van der Waals surface area contributed by atoms with Crippen LogP contribution in [0.25, 0.3) is 0 Å². The van der Waals surface area contributed by atoms with Crippen molar-refractivity contribution in [1.29, 1.82) is 5.26 Å². The number of benzene rings is 3. The lowest BCUT2D eigenvalue weighted by molar-refractivity contribution is -0.117. The Morgan fingerprint density at radius 2 is 1.74 bits per heavy atom. The zero-order valence-electron chi connectivity index (χ0n) is 18.7. The molecule has 0 spiro atoms. The Morgan fingerprint density at radius 3 is 2.41 bits per heavy atom. The Hall–Kier alpha value is -3.53. The lowest BCUT2D eigenvalue weighted by Gasteiger charge is -2.20. The quantitative estimate of drug-likeness (QED) is 0.352. The molecular weight excluding hydrogens is 466 g/mol. The van der Waals surface area contributed by atoms with E-state index < -0.39 is 11.2 Å². The van der Waals surface area contributed by atoms with E-state index in [4.69, 9.17) is 11.6 Å². The van der Waals surface area contributed by atoms with Gasteiger partial charge in [-0.25, -0.2) is 0 Å². The lowest BCUT2D eigenvalue weighted by atomic mass is 10.1. The normalized spacial score (nSPS) is 16.8. The Balaban J connectivity index is 1.75. The molecule has 1 saturated heterocycles. The van der Waals surface area contributed by atoms with Crippen molar-refractivity contribution in [2.45, 2.75) is 25.5 Å². The average molecular weight is 488 g/mol. The number of aryl methyl sites for hydroxylation is 2. The SMILES string of the molecule is Cc1ccc(NC(=O)/C(C#N)=C2\S[C@H](Cc3ccccc3Cl)C(=O)N2c2ccccc2C)cc1. The number of thioether (sulfide) groups is 1. The fraction of sp³-hybridized carbons (Fsp3) is 0.148. The minimum absolute atomic E-state index is 0.108. The number of carbonyl (C=O) groups is 2. The summed E-state index contributed by atoms with van der Waals surface area (Å²) < 4.78 is 0. The first-order valence-electron chi connectivity index (χ1n) is 10.7. The molecule has 0 aliphatic carbocycles. The van der Waals surface area contributed by atoms with E-state index in [-0.39, 0.29) is 11.5 Å². The molecule has 1 fully saturated rings. The monoisotopic (exact) mass is 487 g/mol. The molecule has 0 radical (unpaired) electrons. The van der Waals surface area contributed by atoms with Crippen molar-refractivity contribution >= 4 is 46.6 Å². The highest BCUT2D eigenvalue weighted by atomic mass is 35.5. The molecule has 0 bridgehead atoms. The highest BCUT2D eigenvalue weighted by Gasteiger charge is 2.41. The van der Waals surface area contributed by atoms with Crippen LogP contribution in [0.4, 0.5) is 11.4 Å². The van der Waals surface area contributed by atoms with Gasteiger partial charge in [-0.15, -0.1) is 0 Å². The molecule has 34 heavy (non-hydrogen) atoms. The zero-order valence-corrected chi connectivity index (χ0v) is 20.3. The van der Waals surface area contributed by atoms with E-state index in [1.165, 1.54) is 16.7 Å². The van der Waals surface area contributed by atoms with Crippen LogP contribution in [0.3, 0.4) is 0 Å². The van der Waals surface area contributed by atoms with E-state index in [1.807, 2.05) is 74.5 Å². The van der Waals surface area contributed by atoms with Gasteiger partial charge in [0.1, 0.15) is 16.7 Å². The third-order valence-electron chi connectivity index (χ3n) is 5.53. The molecule has 1 aliphatic heterocycles. The molecule has 1 heterocycles. The van der Waals surface area contributed by atoms with Crippen molar-refractivity contribution in [3.8, 4) is 6.07 Å². The average Bonchev–Trinajstić information content (AvgIpc) is 3.13. The maximum Gasteiger partial charge on any atom is 0.269 e. The smallest absolute Gasteiger partial charge is 0.269 e. The predicted molar refractivity (Wildman–Crippen MR) is 138 cm³/mol. The van der Waals surface area contributed by atoms with Gasteiger partial charge < -0.3 is 5.32 Å². The van der Waals surface area contributed by atoms with Crippen LogP contribution in [0.2, 0.25) is 5.02 Å². The van der Waals surface area contributed by atoms with Crippen molar-refractivity contribution in [1.82, 2.24) is 0 Å². The van der Waals surface area contributed by atoms with Gasteiger partial charge in [-0.2, -0.15) is 5.26 Å². The van der Waals surface area contributed by atoms with Crippen LogP contribution in [0.1, 0.15) is 16.7 Å². The molecule has 1 N–H and O–H groups in total. The van der Waals surface area contributed by atoms with E-state index in [2.05, 4.69) is 5.32 Å². The summed E-state index contributed by atoms with van der Waals surface area (Å²) >= 11 is 7.57. The molecule has 4 rings (SSSR count). The van der Waals surface area contributed by atoms with Crippen LogP contribution in [0.5, 0.6) is 0 Å². The third kappa shape index (κ3) is 4.86. The van der Waals surface area contributed by atoms with Crippen molar-refractivity contribution in [2.75, 3.05) is 10.2 Å². The molecule has 7 heteroatoms. The van der Waals surface area contributed by atoms with Gasteiger partial charge in [0, 0.05) is 10.7 Å². The van der Waals surface area contributed by atoms with Crippen LogP contribution < -0.4 is 10.2 Å². The minimum atomic E-state index is -0.557. The third-order valence-corrected chi connectivity index (χ3v) is 7.17. The number of amides is 2. The van der Waals surface area contributed by atoms with E-state index in [0.717, 1.165) is 16.7 Å². The second-order valence-electron chi connectivity index (χ2n) is 7.97. The summed E-state index contributed by atoms with van der Waals surface area (Å²) in [7, 11) is 0. The summed E-state index contributed by atoms with van der Waals surface area (Å²) in [6, 6.07) is 24.1. The Labute approximate surface area is 208 Å². The summed E-state index contributed by atoms with van der Waals surface area (Å²) in [5.74, 6) is -0.747. The minimum Gasteiger partial charge on any atom is -0.321 e. The number of para-hydroxylation sites is 1. The number of nitriles is 1. The van der Waals surface area contributed by atoms with Gasteiger partial charge in [0.25, 0.3) is 5.91 Å². The summed E-state index contributed by atoms with van der Waals surface area (Å²) in [4.78, 5) is 28.2. The van der Waals surface area contributed by atoms with Gasteiger partial charge in [0.2, 0.25) is 5.91 Å².